The molecule has 2 rings (SSSR count). The molecule has 1 N–H and O–H groups in total. The van der Waals surface area contributed by atoms with Gasteiger partial charge in [-0.25, -0.2) is 4.79 Å². The van der Waals surface area contributed by atoms with Crippen LogP contribution in [0, 0.1) is 0 Å². The minimum atomic E-state index is -0.807. The lowest BCUT2D eigenvalue weighted by Crippen LogP contribution is -2.30. The highest BCUT2D eigenvalue weighted by molar-refractivity contribution is 9.10. The number of aliphatic carboxylic acids is 1. The van der Waals surface area contributed by atoms with E-state index in [0.29, 0.717) is 12.0 Å². The van der Waals surface area contributed by atoms with Crippen molar-refractivity contribution in [3.63, 3.8) is 0 Å². The molecule has 0 saturated carbocycles. The summed E-state index contributed by atoms with van der Waals surface area (Å²) in [6, 6.07) is 8.03. The molecular weight excluding hydrogens is 282 g/mol. The summed E-state index contributed by atoms with van der Waals surface area (Å²) in [5.74, 6) is -0.807. The van der Waals surface area contributed by atoms with Crippen LogP contribution >= 0.6 is 15.9 Å². The lowest BCUT2D eigenvalue weighted by Gasteiger charge is -2.30. The molecule has 0 amide bonds. The second-order valence-corrected chi connectivity index (χ2v) is 5.14. The maximum absolute atomic E-state index is 11.0. The molecule has 1 aromatic rings. The second-order valence-electron chi connectivity index (χ2n) is 4.23. The van der Waals surface area contributed by atoms with Crippen molar-refractivity contribution in [2.75, 3.05) is 13.6 Å². The number of likely N-dealkylation sites (N-methyl/N-ethyl adjacent to an activating group) is 1. The van der Waals surface area contributed by atoms with Crippen molar-refractivity contribution in [1.29, 1.82) is 0 Å². The third kappa shape index (κ3) is 2.76. The molecule has 1 heterocycles. The van der Waals surface area contributed by atoms with E-state index >= 15 is 0 Å². The van der Waals surface area contributed by atoms with Crippen molar-refractivity contribution in [2.45, 2.75) is 12.5 Å². The minimum absolute atomic E-state index is 0.0485. The van der Waals surface area contributed by atoms with E-state index in [1.54, 1.807) is 0 Å². The second kappa shape index (κ2) is 5.02. The van der Waals surface area contributed by atoms with Crippen LogP contribution in [0.3, 0.4) is 0 Å². The molecule has 4 heteroatoms. The number of carboxylic acid groups (broad SMARTS) is 1. The van der Waals surface area contributed by atoms with Crippen LogP contribution in [0.25, 0.3) is 0 Å². The number of hydrogen-bond acceptors (Lipinski definition) is 2. The van der Waals surface area contributed by atoms with Gasteiger partial charge in [0.2, 0.25) is 0 Å². The number of carbonyl (C=O) groups is 1. The number of hydrogen-bond donors (Lipinski definition) is 1. The normalized spacial score (nSPS) is 21.1. The van der Waals surface area contributed by atoms with Crippen LogP contribution in [0.1, 0.15) is 18.0 Å². The summed E-state index contributed by atoms with van der Waals surface area (Å²) in [6.07, 6.45) is 2.45. The Balaban J connectivity index is 2.35. The molecule has 0 bridgehead atoms. The predicted octanol–water partition coefficient (Wildman–Crippen LogP) is 2.84. The Morgan fingerprint density at radius 3 is 2.94 bits per heavy atom. The first kappa shape index (κ1) is 12.3. The first-order valence-electron chi connectivity index (χ1n) is 5.47. The molecule has 3 nitrogen and oxygen atoms in total. The predicted molar refractivity (Wildman–Crippen MR) is 69.8 cm³/mol. The summed E-state index contributed by atoms with van der Waals surface area (Å²) in [4.78, 5) is 13.2. The van der Waals surface area contributed by atoms with Crippen molar-refractivity contribution in [3.8, 4) is 0 Å². The molecule has 0 radical (unpaired) electrons. The SMILES string of the molecule is CN1CCC(C(=O)O)=CC1c1cccc(Br)c1. The van der Waals surface area contributed by atoms with Gasteiger partial charge >= 0.3 is 5.97 Å². The zero-order valence-corrected chi connectivity index (χ0v) is 11.1. The van der Waals surface area contributed by atoms with Crippen molar-refractivity contribution < 1.29 is 9.90 Å². The molecule has 0 fully saturated rings. The van der Waals surface area contributed by atoms with E-state index < -0.39 is 5.97 Å². The Labute approximate surface area is 109 Å². The summed E-state index contributed by atoms with van der Waals surface area (Å²) in [5.41, 5.74) is 1.62. The molecular formula is C13H14BrNO2. The summed E-state index contributed by atoms with van der Waals surface area (Å²) in [7, 11) is 2.01. The van der Waals surface area contributed by atoms with Gasteiger partial charge in [-0.1, -0.05) is 34.1 Å². The summed E-state index contributed by atoms with van der Waals surface area (Å²) in [6.45, 7) is 0.773. The summed E-state index contributed by atoms with van der Waals surface area (Å²) >= 11 is 3.44. The van der Waals surface area contributed by atoms with Gasteiger partial charge in [-0.3, -0.25) is 4.90 Å². The lowest BCUT2D eigenvalue weighted by atomic mass is 9.97. The van der Waals surface area contributed by atoms with Crippen LogP contribution in [0.4, 0.5) is 0 Å². The van der Waals surface area contributed by atoms with Crippen LogP contribution in [0.15, 0.2) is 40.4 Å². The van der Waals surface area contributed by atoms with Gasteiger partial charge < -0.3 is 5.11 Å². The highest BCUT2D eigenvalue weighted by atomic mass is 79.9. The molecule has 1 atom stereocenters. The Hall–Kier alpha value is -1.13. The zero-order chi connectivity index (χ0) is 12.4. The van der Waals surface area contributed by atoms with Gasteiger partial charge in [0.1, 0.15) is 0 Å². The van der Waals surface area contributed by atoms with Crippen LogP contribution in [0.5, 0.6) is 0 Å². The highest BCUT2D eigenvalue weighted by Crippen LogP contribution is 2.29. The van der Waals surface area contributed by atoms with Crippen LogP contribution in [-0.4, -0.2) is 29.6 Å². The van der Waals surface area contributed by atoms with Crippen LogP contribution in [-0.2, 0) is 4.79 Å². The molecule has 17 heavy (non-hydrogen) atoms. The Morgan fingerprint density at radius 1 is 1.53 bits per heavy atom. The average Bonchev–Trinajstić information content (AvgIpc) is 2.29. The lowest BCUT2D eigenvalue weighted by molar-refractivity contribution is -0.133. The maximum atomic E-state index is 11.0. The Kier molecular flexibility index (Phi) is 3.64. The fraction of sp³-hybridized carbons (Fsp3) is 0.308. The van der Waals surface area contributed by atoms with Gasteiger partial charge in [-0.05, 0) is 31.2 Å². The van der Waals surface area contributed by atoms with E-state index in [4.69, 9.17) is 5.11 Å². The molecule has 1 aromatic carbocycles. The number of halogens is 1. The minimum Gasteiger partial charge on any atom is -0.478 e. The average molecular weight is 296 g/mol. The van der Waals surface area contributed by atoms with Gasteiger partial charge in [0.05, 0.1) is 6.04 Å². The van der Waals surface area contributed by atoms with Gasteiger partial charge in [-0.2, -0.15) is 0 Å². The third-order valence-electron chi connectivity index (χ3n) is 3.03. The number of nitrogens with zero attached hydrogens (tertiary/aromatic N) is 1. The topological polar surface area (TPSA) is 40.5 Å². The quantitative estimate of drug-likeness (QED) is 0.912. The van der Waals surface area contributed by atoms with Crippen molar-refractivity contribution in [1.82, 2.24) is 4.90 Å². The standard InChI is InChI=1S/C13H14BrNO2/c1-15-6-5-10(13(16)17)8-12(15)9-3-2-4-11(14)7-9/h2-4,7-8,12H,5-6H2,1H3,(H,16,17). The van der Waals surface area contributed by atoms with E-state index in [9.17, 15) is 4.79 Å². The number of carboxylic acids is 1. The van der Waals surface area contributed by atoms with Gasteiger partial charge in [0, 0.05) is 16.6 Å². The van der Waals surface area contributed by atoms with Crippen molar-refractivity contribution in [3.05, 3.63) is 46.0 Å². The molecule has 0 aliphatic carbocycles. The fourth-order valence-corrected chi connectivity index (χ4v) is 2.47. The summed E-state index contributed by atoms with van der Waals surface area (Å²) in [5, 5.41) is 9.05. The Morgan fingerprint density at radius 2 is 2.29 bits per heavy atom. The molecule has 1 aliphatic rings. The van der Waals surface area contributed by atoms with E-state index in [-0.39, 0.29) is 6.04 Å². The first-order chi connectivity index (χ1) is 8.08. The van der Waals surface area contributed by atoms with Crippen molar-refractivity contribution >= 4 is 21.9 Å². The largest absolute Gasteiger partial charge is 0.478 e. The third-order valence-corrected chi connectivity index (χ3v) is 3.53. The highest BCUT2D eigenvalue weighted by Gasteiger charge is 2.23. The number of rotatable bonds is 2. The van der Waals surface area contributed by atoms with Gasteiger partial charge in [0.25, 0.3) is 0 Å². The van der Waals surface area contributed by atoms with E-state index in [0.717, 1.165) is 16.6 Å². The first-order valence-corrected chi connectivity index (χ1v) is 6.27. The van der Waals surface area contributed by atoms with Gasteiger partial charge in [-0.15, -0.1) is 0 Å². The van der Waals surface area contributed by atoms with Crippen LogP contribution in [0.2, 0.25) is 0 Å². The Bertz CT molecular complexity index is 470. The number of benzene rings is 1. The van der Waals surface area contributed by atoms with Crippen molar-refractivity contribution in [2.24, 2.45) is 0 Å². The van der Waals surface area contributed by atoms with E-state index in [1.807, 2.05) is 37.4 Å². The molecule has 0 saturated heterocycles. The molecule has 1 unspecified atom stereocenters. The van der Waals surface area contributed by atoms with E-state index in [1.165, 1.54) is 0 Å². The van der Waals surface area contributed by atoms with Gasteiger partial charge in [0.15, 0.2) is 0 Å². The van der Waals surface area contributed by atoms with Crippen LogP contribution < -0.4 is 0 Å². The smallest absolute Gasteiger partial charge is 0.331 e. The molecule has 1 aliphatic heterocycles. The molecule has 0 spiro atoms. The summed E-state index contributed by atoms with van der Waals surface area (Å²) < 4.78 is 1.01. The zero-order valence-electron chi connectivity index (χ0n) is 9.56. The maximum Gasteiger partial charge on any atom is 0.331 e. The monoisotopic (exact) mass is 295 g/mol. The molecule has 0 aromatic heterocycles. The fourth-order valence-electron chi connectivity index (χ4n) is 2.06. The van der Waals surface area contributed by atoms with E-state index in [2.05, 4.69) is 20.8 Å². The molecule has 90 valence electrons.